The summed E-state index contributed by atoms with van der Waals surface area (Å²) in [7, 11) is 0. The fourth-order valence-corrected chi connectivity index (χ4v) is 1.96. The molecule has 0 bridgehead atoms. The molecule has 1 N–H and O–H groups in total. The van der Waals surface area contributed by atoms with Crippen LogP contribution < -0.4 is 5.32 Å². The Balaban J connectivity index is 1.93. The normalized spacial score (nSPS) is 10.7. The largest absolute Gasteiger partial charge is 0.321 e. The number of hydrogen-bond donors (Lipinski definition) is 1. The summed E-state index contributed by atoms with van der Waals surface area (Å²) in [5.41, 5.74) is 1.92. The summed E-state index contributed by atoms with van der Waals surface area (Å²) in [4.78, 5) is 20.2. The highest BCUT2D eigenvalue weighted by atomic mass is 35.5. The van der Waals surface area contributed by atoms with Gasteiger partial charge >= 0.3 is 0 Å². The van der Waals surface area contributed by atoms with Crippen molar-refractivity contribution < 1.29 is 4.79 Å². The lowest BCUT2D eigenvalue weighted by molar-refractivity contribution is 0.102. The van der Waals surface area contributed by atoms with E-state index in [1.165, 1.54) is 17.0 Å². The van der Waals surface area contributed by atoms with Gasteiger partial charge in [0.25, 0.3) is 11.7 Å². The van der Waals surface area contributed by atoms with Crippen LogP contribution in [0.3, 0.4) is 0 Å². The minimum Gasteiger partial charge on any atom is -0.321 e. The Hall–Kier alpha value is -2.47. The Morgan fingerprint density at radius 3 is 2.95 bits per heavy atom. The van der Waals surface area contributed by atoms with E-state index in [2.05, 4.69) is 20.4 Å². The molecule has 1 amide bonds. The Labute approximate surface area is 119 Å². The van der Waals surface area contributed by atoms with E-state index < -0.39 is 0 Å². The van der Waals surface area contributed by atoms with Crippen LogP contribution in [0.1, 0.15) is 16.1 Å². The molecule has 2 aromatic heterocycles. The Morgan fingerprint density at radius 1 is 1.30 bits per heavy atom. The molecule has 0 atom stereocenters. The number of anilines is 1. The molecule has 0 unspecified atom stereocenters. The lowest BCUT2D eigenvalue weighted by Crippen LogP contribution is -2.16. The molecule has 0 aliphatic heterocycles. The first kappa shape index (κ1) is 12.6. The molecule has 20 heavy (non-hydrogen) atoms. The summed E-state index contributed by atoms with van der Waals surface area (Å²) in [5, 5.41) is 7.34. The molecule has 1 aromatic carbocycles. The van der Waals surface area contributed by atoms with E-state index in [1.807, 2.05) is 13.0 Å². The topological polar surface area (TPSA) is 72.2 Å². The highest BCUT2D eigenvalue weighted by Crippen LogP contribution is 2.20. The van der Waals surface area contributed by atoms with Crippen LogP contribution in [0, 0.1) is 6.92 Å². The van der Waals surface area contributed by atoms with E-state index in [9.17, 15) is 4.79 Å². The van der Waals surface area contributed by atoms with Crippen LogP contribution in [0.25, 0.3) is 5.78 Å². The van der Waals surface area contributed by atoms with Crippen LogP contribution in [0.2, 0.25) is 5.02 Å². The van der Waals surface area contributed by atoms with Gasteiger partial charge in [-0.3, -0.25) is 4.79 Å². The van der Waals surface area contributed by atoms with Crippen molar-refractivity contribution in [1.29, 1.82) is 0 Å². The first-order valence-electron chi connectivity index (χ1n) is 5.87. The van der Waals surface area contributed by atoms with Crippen molar-refractivity contribution in [3.05, 3.63) is 53.1 Å². The first-order valence-corrected chi connectivity index (χ1v) is 6.25. The standard InChI is InChI=1S/C13H10ClN5O/c1-8-2-3-9(6-10(8)14)18-12(20)11-4-5-15-13-16-7-17-19(11)13/h2-7H,1H3,(H,18,20). The molecule has 0 aliphatic rings. The van der Waals surface area contributed by atoms with Crippen LogP contribution in [-0.4, -0.2) is 25.5 Å². The number of aromatic nitrogens is 4. The van der Waals surface area contributed by atoms with Crippen LogP contribution in [0.4, 0.5) is 5.69 Å². The summed E-state index contributed by atoms with van der Waals surface area (Å²) in [6, 6.07) is 6.91. The Kier molecular flexibility index (Phi) is 3.08. The molecule has 0 fully saturated rings. The van der Waals surface area contributed by atoms with E-state index in [1.54, 1.807) is 18.2 Å². The number of hydrogen-bond acceptors (Lipinski definition) is 4. The molecule has 0 aliphatic carbocycles. The number of amides is 1. The third kappa shape index (κ3) is 2.21. The number of halogens is 1. The van der Waals surface area contributed by atoms with E-state index >= 15 is 0 Å². The molecule has 0 radical (unpaired) electrons. The van der Waals surface area contributed by atoms with Gasteiger partial charge in [-0.1, -0.05) is 17.7 Å². The van der Waals surface area contributed by atoms with Gasteiger partial charge in [-0.05, 0) is 30.7 Å². The van der Waals surface area contributed by atoms with Gasteiger partial charge in [0.1, 0.15) is 12.0 Å². The Morgan fingerprint density at radius 2 is 2.15 bits per heavy atom. The molecule has 0 saturated carbocycles. The molecule has 3 rings (SSSR count). The molecule has 7 heteroatoms. The smallest absolute Gasteiger partial charge is 0.274 e. The summed E-state index contributed by atoms with van der Waals surface area (Å²) in [6.45, 7) is 1.90. The SMILES string of the molecule is Cc1ccc(NC(=O)c2ccnc3ncnn23)cc1Cl. The predicted molar refractivity (Wildman–Crippen MR) is 74.9 cm³/mol. The second kappa shape index (κ2) is 4.90. The number of carbonyl (C=O) groups excluding carboxylic acids is 1. The number of carbonyl (C=O) groups is 1. The number of nitrogens with one attached hydrogen (secondary N) is 1. The highest BCUT2D eigenvalue weighted by Gasteiger charge is 2.12. The van der Waals surface area contributed by atoms with E-state index in [-0.39, 0.29) is 5.91 Å². The van der Waals surface area contributed by atoms with Crippen molar-refractivity contribution in [2.75, 3.05) is 5.32 Å². The van der Waals surface area contributed by atoms with E-state index in [0.29, 0.717) is 22.2 Å². The summed E-state index contributed by atoms with van der Waals surface area (Å²) in [6.07, 6.45) is 2.86. The minimum atomic E-state index is -0.303. The summed E-state index contributed by atoms with van der Waals surface area (Å²) >= 11 is 6.03. The average Bonchev–Trinajstić information content (AvgIpc) is 2.91. The van der Waals surface area contributed by atoms with Gasteiger partial charge in [0.15, 0.2) is 0 Å². The molecule has 6 nitrogen and oxygen atoms in total. The van der Waals surface area contributed by atoms with Crippen LogP contribution >= 0.6 is 11.6 Å². The average molecular weight is 288 g/mol. The van der Waals surface area contributed by atoms with Crippen molar-refractivity contribution in [2.24, 2.45) is 0 Å². The summed E-state index contributed by atoms with van der Waals surface area (Å²) < 4.78 is 1.38. The first-order chi connectivity index (χ1) is 9.65. The van der Waals surface area contributed by atoms with Gasteiger partial charge in [-0.25, -0.2) is 4.98 Å². The zero-order valence-corrected chi connectivity index (χ0v) is 11.3. The maximum absolute atomic E-state index is 12.3. The van der Waals surface area contributed by atoms with Gasteiger partial charge in [-0.2, -0.15) is 14.6 Å². The molecule has 100 valence electrons. The molecule has 2 heterocycles. The molecule has 3 aromatic rings. The third-order valence-electron chi connectivity index (χ3n) is 2.84. The Bertz CT molecular complexity index is 798. The predicted octanol–water partition coefficient (Wildman–Crippen LogP) is 2.34. The van der Waals surface area contributed by atoms with Crippen LogP contribution in [0.15, 0.2) is 36.8 Å². The zero-order valence-electron chi connectivity index (χ0n) is 10.5. The fraction of sp³-hybridized carbons (Fsp3) is 0.0769. The lowest BCUT2D eigenvalue weighted by Gasteiger charge is -2.07. The fourth-order valence-electron chi connectivity index (χ4n) is 1.78. The maximum Gasteiger partial charge on any atom is 0.274 e. The minimum absolute atomic E-state index is 0.303. The van der Waals surface area contributed by atoms with Gasteiger partial charge < -0.3 is 5.32 Å². The second-order valence-electron chi connectivity index (χ2n) is 4.22. The molecule has 0 spiro atoms. The van der Waals surface area contributed by atoms with Gasteiger partial charge in [-0.15, -0.1) is 0 Å². The van der Waals surface area contributed by atoms with Gasteiger partial charge in [0.2, 0.25) is 0 Å². The third-order valence-corrected chi connectivity index (χ3v) is 3.25. The van der Waals surface area contributed by atoms with Gasteiger partial charge in [0, 0.05) is 16.9 Å². The van der Waals surface area contributed by atoms with Crippen molar-refractivity contribution in [3.8, 4) is 0 Å². The monoisotopic (exact) mass is 287 g/mol. The van der Waals surface area contributed by atoms with Crippen LogP contribution in [0.5, 0.6) is 0 Å². The second-order valence-corrected chi connectivity index (χ2v) is 4.63. The van der Waals surface area contributed by atoms with Crippen molar-refractivity contribution in [3.63, 3.8) is 0 Å². The number of benzene rings is 1. The number of nitrogens with zero attached hydrogens (tertiary/aromatic N) is 4. The van der Waals surface area contributed by atoms with E-state index in [0.717, 1.165) is 5.56 Å². The number of fused-ring (bicyclic) bond motifs is 1. The maximum atomic E-state index is 12.3. The summed E-state index contributed by atoms with van der Waals surface area (Å²) in [5.74, 6) is 0.0717. The van der Waals surface area contributed by atoms with Crippen molar-refractivity contribution >= 4 is 29.0 Å². The lowest BCUT2D eigenvalue weighted by atomic mass is 10.2. The van der Waals surface area contributed by atoms with E-state index in [4.69, 9.17) is 11.6 Å². The van der Waals surface area contributed by atoms with Gasteiger partial charge in [0.05, 0.1) is 0 Å². The molecular weight excluding hydrogens is 278 g/mol. The quantitative estimate of drug-likeness (QED) is 0.785. The highest BCUT2D eigenvalue weighted by molar-refractivity contribution is 6.31. The van der Waals surface area contributed by atoms with Crippen molar-refractivity contribution in [1.82, 2.24) is 19.6 Å². The van der Waals surface area contributed by atoms with Crippen LogP contribution in [-0.2, 0) is 0 Å². The van der Waals surface area contributed by atoms with Crippen molar-refractivity contribution in [2.45, 2.75) is 6.92 Å². The molecular formula is C13H10ClN5O. The zero-order chi connectivity index (χ0) is 14.1. The number of aryl methyl sites for hydroxylation is 1. The molecule has 0 saturated heterocycles. The number of rotatable bonds is 2.